The number of rotatable bonds is 12. The van der Waals surface area contributed by atoms with Crippen molar-refractivity contribution in [3.63, 3.8) is 0 Å². The average Bonchev–Trinajstić information content (AvgIpc) is 2.55. The SMILES string of the molecule is CCCCCCCC(=O)OCC1(C)COC(CCCCC)OC1. The fraction of sp³-hybridized carbons (Fsp3) is 0.947. The molecule has 0 aliphatic carbocycles. The molecule has 136 valence electrons. The largest absolute Gasteiger partial charge is 0.465 e. The van der Waals surface area contributed by atoms with Crippen LogP contribution in [-0.2, 0) is 19.0 Å². The molecule has 0 aromatic heterocycles. The summed E-state index contributed by atoms with van der Waals surface area (Å²) >= 11 is 0. The number of unbranched alkanes of at least 4 members (excludes halogenated alkanes) is 6. The highest BCUT2D eigenvalue weighted by molar-refractivity contribution is 5.69. The van der Waals surface area contributed by atoms with Gasteiger partial charge in [0, 0.05) is 11.8 Å². The van der Waals surface area contributed by atoms with E-state index < -0.39 is 0 Å². The Morgan fingerprint density at radius 3 is 2.26 bits per heavy atom. The molecule has 1 rings (SSSR count). The summed E-state index contributed by atoms with van der Waals surface area (Å²) in [5.74, 6) is -0.0900. The summed E-state index contributed by atoms with van der Waals surface area (Å²) in [5, 5.41) is 0. The Bertz CT molecular complexity index is 308. The van der Waals surface area contributed by atoms with Gasteiger partial charge >= 0.3 is 5.97 Å². The van der Waals surface area contributed by atoms with Crippen LogP contribution in [-0.4, -0.2) is 32.1 Å². The smallest absolute Gasteiger partial charge is 0.305 e. The van der Waals surface area contributed by atoms with E-state index in [1.54, 1.807) is 0 Å². The van der Waals surface area contributed by atoms with E-state index in [0.717, 1.165) is 25.7 Å². The highest BCUT2D eigenvalue weighted by Crippen LogP contribution is 2.26. The Hall–Kier alpha value is -0.610. The number of carbonyl (C=O) groups excluding carboxylic acids is 1. The van der Waals surface area contributed by atoms with Crippen molar-refractivity contribution in [1.82, 2.24) is 0 Å². The van der Waals surface area contributed by atoms with Gasteiger partial charge in [-0.1, -0.05) is 59.3 Å². The Kier molecular flexibility index (Phi) is 10.5. The van der Waals surface area contributed by atoms with Crippen molar-refractivity contribution in [2.45, 2.75) is 91.3 Å². The molecule has 0 atom stereocenters. The molecule has 0 saturated carbocycles. The Morgan fingerprint density at radius 2 is 1.61 bits per heavy atom. The number of carbonyl (C=O) groups is 1. The van der Waals surface area contributed by atoms with Gasteiger partial charge in [0.25, 0.3) is 0 Å². The lowest BCUT2D eigenvalue weighted by molar-refractivity contribution is -0.236. The molecular formula is C19H36O4. The van der Waals surface area contributed by atoms with Crippen LogP contribution in [0, 0.1) is 5.41 Å². The highest BCUT2D eigenvalue weighted by Gasteiger charge is 2.33. The molecule has 4 nitrogen and oxygen atoms in total. The molecule has 23 heavy (non-hydrogen) atoms. The van der Waals surface area contributed by atoms with Crippen molar-refractivity contribution in [2.75, 3.05) is 19.8 Å². The molecular weight excluding hydrogens is 292 g/mol. The van der Waals surface area contributed by atoms with Gasteiger partial charge in [0.15, 0.2) is 6.29 Å². The molecule has 0 bridgehead atoms. The predicted octanol–water partition coefficient (Wildman–Crippen LogP) is 4.85. The minimum Gasteiger partial charge on any atom is -0.465 e. The zero-order chi connectivity index (χ0) is 17.0. The maximum absolute atomic E-state index is 11.8. The topological polar surface area (TPSA) is 44.8 Å². The fourth-order valence-corrected chi connectivity index (χ4v) is 2.69. The number of ether oxygens (including phenoxy) is 3. The third-order valence-corrected chi connectivity index (χ3v) is 4.34. The monoisotopic (exact) mass is 328 g/mol. The second-order valence-corrected chi connectivity index (χ2v) is 7.18. The lowest BCUT2D eigenvalue weighted by atomic mass is 9.93. The van der Waals surface area contributed by atoms with Gasteiger partial charge in [-0.05, 0) is 19.3 Å². The number of esters is 1. The Balaban J connectivity index is 2.11. The molecule has 0 aromatic carbocycles. The molecule has 0 unspecified atom stereocenters. The second-order valence-electron chi connectivity index (χ2n) is 7.18. The summed E-state index contributed by atoms with van der Waals surface area (Å²) < 4.78 is 17.0. The number of hydrogen-bond donors (Lipinski definition) is 0. The Labute approximate surface area is 142 Å². The van der Waals surface area contributed by atoms with Crippen LogP contribution >= 0.6 is 0 Å². The van der Waals surface area contributed by atoms with Gasteiger partial charge in [0.05, 0.1) is 13.2 Å². The normalized spacial score (nSPS) is 24.6. The molecule has 0 aromatic rings. The standard InChI is InChI=1S/C19H36O4/c1-4-6-8-9-11-12-17(20)21-14-19(3)15-22-18(23-16-19)13-10-7-5-2/h18H,4-16H2,1-3H3. The molecule has 1 aliphatic rings. The van der Waals surface area contributed by atoms with Crippen LogP contribution < -0.4 is 0 Å². The van der Waals surface area contributed by atoms with Crippen molar-refractivity contribution in [2.24, 2.45) is 5.41 Å². The second kappa shape index (κ2) is 11.9. The first-order valence-corrected chi connectivity index (χ1v) is 9.48. The molecule has 0 N–H and O–H groups in total. The van der Waals surface area contributed by atoms with Crippen LogP contribution in [0.25, 0.3) is 0 Å². The molecule has 0 amide bonds. The van der Waals surface area contributed by atoms with Crippen LogP contribution in [0.2, 0.25) is 0 Å². The summed E-state index contributed by atoms with van der Waals surface area (Å²) in [4.78, 5) is 11.8. The van der Waals surface area contributed by atoms with Crippen molar-refractivity contribution in [1.29, 1.82) is 0 Å². The quantitative estimate of drug-likeness (QED) is 0.379. The van der Waals surface area contributed by atoms with E-state index in [4.69, 9.17) is 14.2 Å². The van der Waals surface area contributed by atoms with Crippen LogP contribution in [0.15, 0.2) is 0 Å². The van der Waals surface area contributed by atoms with Gasteiger partial charge in [-0.25, -0.2) is 0 Å². The molecule has 1 saturated heterocycles. The van der Waals surface area contributed by atoms with Crippen molar-refractivity contribution in [3.8, 4) is 0 Å². The number of hydrogen-bond acceptors (Lipinski definition) is 4. The van der Waals surface area contributed by atoms with E-state index >= 15 is 0 Å². The third-order valence-electron chi connectivity index (χ3n) is 4.34. The van der Waals surface area contributed by atoms with E-state index in [9.17, 15) is 4.79 Å². The van der Waals surface area contributed by atoms with Crippen LogP contribution in [0.3, 0.4) is 0 Å². The van der Waals surface area contributed by atoms with E-state index in [1.165, 1.54) is 32.1 Å². The van der Waals surface area contributed by atoms with Gasteiger partial charge in [-0.3, -0.25) is 4.79 Å². The van der Waals surface area contributed by atoms with Crippen LogP contribution in [0.4, 0.5) is 0 Å². The van der Waals surface area contributed by atoms with Crippen molar-refractivity contribution in [3.05, 3.63) is 0 Å². The minimum absolute atomic E-state index is 0.0797. The first-order chi connectivity index (χ1) is 11.1. The molecule has 0 spiro atoms. The van der Waals surface area contributed by atoms with Crippen molar-refractivity contribution >= 4 is 5.97 Å². The summed E-state index contributed by atoms with van der Waals surface area (Å²) in [5.41, 5.74) is -0.209. The predicted molar refractivity (Wildman–Crippen MR) is 92.3 cm³/mol. The van der Waals surface area contributed by atoms with E-state index in [0.29, 0.717) is 26.2 Å². The van der Waals surface area contributed by atoms with Gasteiger partial charge < -0.3 is 14.2 Å². The zero-order valence-electron chi connectivity index (χ0n) is 15.4. The van der Waals surface area contributed by atoms with E-state index in [-0.39, 0.29) is 17.7 Å². The maximum Gasteiger partial charge on any atom is 0.305 e. The van der Waals surface area contributed by atoms with Gasteiger partial charge in [0.1, 0.15) is 6.61 Å². The van der Waals surface area contributed by atoms with Crippen molar-refractivity contribution < 1.29 is 19.0 Å². The fourth-order valence-electron chi connectivity index (χ4n) is 2.69. The van der Waals surface area contributed by atoms with E-state index in [2.05, 4.69) is 20.8 Å². The average molecular weight is 328 g/mol. The van der Waals surface area contributed by atoms with Gasteiger partial charge in [0.2, 0.25) is 0 Å². The van der Waals surface area contributed by atoms with E-state index in [1.807, 2.05) is 0 Å². The molecule has 1 aliphatic heterocycles. The zero-order valence-corrected chi connectivity index (χ0v) is 15.4. The maximum atomic E-state index is 11.8. The van der Waals surface area contributed by atoms with Crippen LogP contribution in [0.1, 0.15) is 85.0 Å². The molecule has 1 fully saturated rings. The van der Waals surface area contributed by atoms with Gasteiger partial charge in [-0.2, -0.15) is 0 Å². The molecule has 4 heteroatoms. The van der Waals surface area contributed by atoms with Crippen LogP contribution in [0.5, 0.6) is 0 Å². The third kappa shape index (κ3) is 9.31. The molecule has 0 radical (unpaired) electrons. The first-order valence-electron chi connectivity index (χ1n) is 9.48. The van der Waals surface area contributed by atoms with Gasteiger partial charge in [-0.15, -0.1) is 0 Å². The summed E-state index contributed by atoms with van der Waals surface area (Å²) in [6, 6.07) is 0. The minimum atomic E-state index is -0.209. The summed E-state index contributed by atoms with van der Waals surface area (Å²) in [6.07, 6.45) is 10.7. The molecule has 1 heterocycles. The lowest BCUT2D eigenvalue weighted by Crippen LogP contribution is -2.43. The summed E-state index contributed by atoms with van der Waals surface area (Å²) in [6.45, 7) is 8.04. The first kappa shape index (κ1) is 20.4. The lowest BCUT2D eigenvalue weighted by Gasteiger charge is -2.36. The summed E-state index contributed by atoms with van der Waals surface area (Å²) in [7, 11) is 0. The highest BCUT2D eigenvalue weighted by atomic mass is 16.7. The Morgan fingerprint density at radius 1 is 1.00 bits per heavy atom.